The lowest BCUT2D eigenvalue weighted by Crippen LogP contribution is -2.49. The summed E-state index contributed by atoms with van der Waals surface area (Å²) in [6.07, 6.45) is 8.27. The SMILES string of the molecule is CCOC(=O)C1CC(CCc2ccc3c(OC4CCC(C(C)(C)C)CC4)cccc3c2)C1(C)C. The van der Waals surface area contributed by atoms with Gasteiger partial charge in [0.2, 0.25) is 0 Å². The highest BCUT2D eigenvalue weighted by Crippen LogP contribution is 2.53. The number of benzene rings is 2. The Morgan fingerprint density at radius 3 is 2.44 bits per heavy atom. The van der Waals surface area contributed by atoms with Gasteiger partial charge < -0.3 is 9.47 Å². The Morgan fingerprint density at radius 1 is 1.06 bits per heavy atom. The zero-order valence-electron chi connectivity index (χ0n) is 22.2. The van der Waals surface area contributed by atoms with E-state index in [0.717, 1.165) is 43.8 Å². The van der Waals surface area contributed by atoms with Crippen LogP contribution in [0.25, 0.3) is 10.8 Å². The zero-order valence-corrected chi connectivity index (χ0v) is 22.2. The quantitative estimate of drug-likeness (QED) is 0.390. The number of carbonyl (C=O) groups excluding carboxylic acids is 1. The first-order valence-electron chi connectivity index (χ1n) is 13.4. The first kappa shape index (κ1) is 25.1. The third-order valence-electron chi connectivity index (χ3n) is 8.92. The van der Waals surface area contributed by atoms with Gasteiger partial charge in [0.05, 0.1) is 18.6 Å². The van der Waals surface area contributed by atoms with Crippen LogP contribution in [-0.2, 0) is 16.0 Å². The molecule has 0 bridgehead atoms. The summed E-state index contributed by atoms with van der Waals surface area (Å²) in [6.45, 7) is 13.9. The van der Waals surface area contributed by atoms with Crippen LogP contribution >= 0.6 is 0 Å². The summed E-state index contributed by atoms with van der Waals surface area (Å²) in [5, 5.41) is 2.48. The van der Waals surface area contributed by atoms with E-state index in [9.17, 15) is 4.79 Å². The Hall–Kier alpha value is -2.03. The zero-order chi connectivity index (χ0) is 24.5. The van der Waals surface area contributed by atoms with Crippen molar-refractivity contribution >= 4 is 16.7 Å². The van der Waals surface area contributed by atoms with E-state index in [0.29, 0.717) is 24.0 Å². The minimum Gasteiger partial charge on any atom is -0.490 e. The maximum Gasteiger partial charge on any atom is 0.309 e. The third-order valence-corrected chi connectivity index (χ3v) is 8.92. The molecule has 0 saturated heterocycles. The lowest BCUT2D eigenvalue weighted by atomic mass is 9.53. The van der Waals surface area contributed by atoms with Crippen molar-refractivity contribution < 1.29 is 14.3 Å². The van der Waals surface area contributed by atoms with Crippen LogP contribution in [0.3, 0.4) is 0 Å². The van der Waals surface area contributed by atoms with Crippen LogP contribution in [0.15, 0.2) is 36.4 Å². The summed E-state index contributed by atoms with van der Waals surface area (Å²) in [6, 6.07) is 13.3. The van der Waals surface area contributed by atoms with Crippen LogP contribution < -0.4 is 4.74 Å². The van der Waals surface area contributed by atoms with Gasteiger partial charge in [0, 0.05) is 5.39 Å². The number of carbonyl (C=O) groups is 1. The normalized spacial score (nSPS) is 26.6. The molecule has 2 aromatic carbocycles. The number of aryl methyl sites for hydroxylation is 1. The van der Waals surface area contributed by atoms with Crippen molar-refractivity contribution in [2.75, 3.05) is 6.61 Å². The highest BCUT2D eigenvalue weighted by Gasteiger charge is 2.51. The molecule has 0 aliphatic heterocycles. The number of esters is 1. The van der Waals surface area contributed by atoms with E-state index in [1.807, 2.05) is 6.92 Å². The Balaban J connectivity index is 1.36. The average molecular weight is 465 g/mol. The number of hydrogen-bond donors (Lipinski definition) is 0. The predicted molar refractivity (Wildman–Crippen MR) is 140 cm³/mol. The summed E-state index contributed by atoms with van der Waals surface area (Å²) in [4.78, 5) is 12.2. The predicted octanol–water partition coefficient (Wildman–Crippen LogP) is 7.98. The summed E-state index contributed by atoms with van der Waals surface area (Å²) in [5.74, 6) is 2.42. The molecule has 0 N–H and O–H groups in total. The van der Waals surface area contributed by atoms with Crippen molar-refractivity contribution in [1.29, 1.82) is 0 Å². The van der Waals surface area contributed by atoms with Gasteiger partial charge in [-0.3, -0.25) is 4.79 Å². The highest BCUT2D eigenvalue weighted by atomic mass is 16.5. The van der Waals surface area contributed by atoms with Gasteiger partial charge >= 0.3 is 5.97 Å². The van der Waals surface area contributed by atoms with Crippen molar-refractivity contribution in [2.24, 2.45) is 28.6 Å². The third kappa shape index (κ3) is 5.29. The van der Waals surface area contributed by atoms with E-state index in [4.69, 9.17) is 9.47 Å². The van der Waals surface area contributed by atoms with E-state index >= 15 is 0 Å². The maximum absolute atomic E-state index is 12.2. The van der Waals surface area contributed by atoms with Crippen LogP contribution in [0.1, 0.15) is 85.6 Å². The van der Waals surface area contributed by atoms with Crippen molar-refractivity contribution in [3.63, 3.8) is 0 Å². The molecule has 34 heavy (non-hydrogen) atoms. The number of ether oxygens (including phenoxy) is 2. The molecule has 2 atom stereocenters. The monoisotopic (exact) mass is 464 g/mol. The van der Waals surface area contributed by atoms with Gasteiger partial charge in [-0.2, -0.15) is 0 Å². The lowest BCUT2D eigenvalue weighted by molar-refractivity contribution is -0.165. The summed E-state index contributed by atoms with van der Waals surface area (Å²) in [7, 11) is 0. The molecule has 186 valence electrons. The topological polar surface area (TPSA) is 35.5 Å². The van der Waals surface area contributed by atoms with Gasteiger partial charge in [0.25, 0.3) is 0 Å². The Kier molecular flexibility index (Phi) is 7.31. The van der Waals surface area contributed by atoms with Gasteiger partial charge in [-0.15, -0.1) is 0 Å². The Morgan fingerprint density at radius 2 is 1.79 bits per heavy atom. The average Bonchev–Trinajstić information content (AvgIpc) is 2.78. The number of fused-ring (bicyclic) bond motifs is 1. The van der Waals surface area contributed by atoms with Crippen LogP contribution in [0.4, 0.5) is 0 Å². The fourth-order valence-electron chi connectivity index (χ4n) is 6.28. The molecule has 2 aliphatic rings. The second kappa shape index (κ2) is 9.91. The van der Waals surface area contributed by atoms with E-state index < -0.39 is 0 Å². The summed E-state index contributed by atoms with van der Waals surface area (Å²) >= 11 is 0. The van der Waals surface area contributed by atoms with E-state index in [2.05, 4.69) is 71.0 Å². The van der Waals surface area contributed by atoms with E-state index in [-0.39, 0.29) is 17.3 Å². The molecule has 2 aromatic rings. The molecule has 0 radical (unpaired) electrons. The van der Waals surface area contributed by atoms with Crippen LogP contribution in [0.2, 0.25) is 0 Å². The number of rotatable bonds is 7. The molecule has 2 aliphatic carbocycles. The molecule has 0 spiro atoms. The second-order valence-corrected chi connectivity index (χ2v) is 12.4. The van der Waals surface area contributed by atoms with Gasteiger partial charge in [0.1, 0.15) is 5.75 Å². The molecular formula is C31H44O3. The molecule has 3 heteroatoms. The van der Waals surface area contributed by atoms with Crippen LogP contribution in [-0.4, -0.2) is 18.7 Å². The van der Waals surface area contributed by atoms with Crippen molar-refractivity contribution in [3.8, 4) is 5.75 Å². The van der Waals surface area contributed by atoms with Gasteiger partial charge in [-0.25, -0.2) is 0 Å². The number of hydrogen-bond acceptors (Lipinski definition) is 3. The van der Waals surface area contributed by atoms with Crippen molar-refractivity contribution in [1.82, 2.24) is 0 Å². The largest absolute Gasteiger partial charge is 0.490 e. The van der Waals surface area contributed by atoms with Gasteiger partial charge in [-0.05, 0) is 91.6 Å². The Bertz CT molecular complexity index is 991. The lowest BCUT2D eigenvalue weighted by Gasteiger charge is -2.50. The summed E-state index contributed by atoms with van der Waals surface area (Å²) in [5.41, 5.74) is 1.79. The minimum absolute atomic E-state index is 0.0196. The highest BCUT2D eigenvalue weighted by molar-refractivity contribution is 5.88. The van der Waals surface area contributed by atoms with E-state index in [1.165, 1.54) is 29.2 Å². The minimum atomic E-state index is -0.0196. The molecule has 4 rings (SSSR count). The molecule has 0 heterocycles. The molecule has 2 unspecified atom stereocenters. The molecule has 2 fully saturated rings. The van der Waals surface area contributed by atoms with Gasteiger partial charge in [-0.1, -0.05) is 65.0 Å². The van der Waals surface area contributed by atoms with E-state index in [1.54, 1.807) is 0 Å². The molecule has 0 amide bonds. The van der Waals surface area contributed by atoms with Crippen LogP contribution in [0, 0.1) is 28.6 Å². The smallest absolute Gasteiger partial charge is 0.309 e. The standard InChI is InChI=1S/C31H44O3/c1-7-33-29(32)27-20-24(31(27,5)6)13-11-21-12-18-26-22(19-21)9-8-10-28(26)34-25-16-14-23(15-17-25)30(2,3)4/h8-10,12,18-19,23-25,27H,7,11,13-17,20H2,1-6H3. The molecule has 3 nitrogen and oxygen atoms in total. The van der Waals surface area contributed by atoms with Gasteiger partial charge in [0.15, 0.2) is 0 Å². The fraction of sp³-hybridized carbons (Fsp3) is 0.645. The first-order chi connectivity index (χ1) is 16.1. The van der Waals surface area contributed by atoms with Crippen molar-refractivity contribution in [3.05, 3.63) is 42.0 Å². The van der Waals surface area contributed by atoms with Crippen molar-refractivity contribution in [2.45, 2.75) is 92.6 Å². The molecular weight excluding hydrogens is 420 g/mol. The fourth-order valence-corrected chi connectivity index (χ4v) is 6.28. The first-order valence-corrected chi connectivity index (χ1v) is 13.4. The Labute approximate surface area is 206 Å². The molecule has 2 saturated carbocycles. The maximum atomic E-state index is 12.2. The second-order valence-electron chi connectivity index (χ2n) is 12.4. The van der Waals surface area contributed by atoms with Crippen LogP contribution in [0.5, 0.6) is 5.75 Å². The summed E-state index contributed by atoms with van der Waals surface area (Å²) < 4.78 is 11.8. The molecule has 0 aromatic heterocycles.